The van der Waals surface area contributed by atoms with Gasteiger partial charge in [-0.05, 0) is 69.5 Å². The van der Waals surface area contributed by atoms with Gasteiger partial charge in [-0.1, -0.05) is 42.0 Å². The molecule has 6 nitrogen and oxygen atoms in total. The smallest absolute Gasteiger partial charge is 0.234 e. The lowest BCUT2D eigenvalue weighted by molar-refractivity contribution is -0.145. The Morgan fingerprint density at radius 1 is 0.919 bits per heavy atom. The molecule has 1 N–H and O–H groups in total. The second-order valence-electron chi connectivity index (χ2n) is 11.6. The number of hydrogen-bond donors (Lipinski definition) is 1. The molecule has 3 aliphatic carbocycles. The first-order chi connectivity index (χ1) is 17.5. The van der Waals surface area contributed by atoms with Crippen molar-refractivity contribution in [1.29, 1.82) is 0 Å². The highest BCUT2D eigenvalue weighted by Gasteiger charge is 2.58. The molecule has 4 aliphatic rings. The molecule has 0 aromatic heterocycles. The maximum absolute atomic E-state index is 13.8. The summed E-state index contributed by atoms with van der Waals surface area (Å²) in [6.45, 7) is 7.23. The van der Waals surface area contributed by atoms with Crippen LogP contribution in [0.25, 0.3) is 10.8 Å². The number of Topliss-reactive ketones (excluding diaryl/α,β-unsaturated/α-hetero) is 1. The second kappa shape index (κ2) is 7.85. The topological polar surface area (TPSA) is 91.8 Å². The number of nitrogens with zero attached hydrogens (tertiary/aromatic N) is 1. The number of likely N-dealkylation sites (tertiary alicyclic amines) is 1. The normalized spacial score (nSPS) is 27.7. The zero-order valence-corrected chi connectivity index (χ0v) is 21.4. The molecule has 1 fully saturated rings. The van der Waals surface area contributed by atoms with Crippen LogP contribution in [0.2, 0.25) is 0 Å². The zero-order valence-electron chi connectivity index (χ0n) is 21.4. The van der Waals surface area contributed by atoms with Crippen molar-refractivity contribution in [1.82, 2.24) is 4.90 Å². The second-order valence-corrected chi connectivity index (χ2v) is 11.6. The monoisotopic (exact) mass is 495 g/mol. The summed E-state index contributed by atoms with van der Waals surface area (Å²) in [5.74, 6) is -2.52. The molecule has 0 radical (unpaired) electrons. The lowest BCUT2D eigenvalue weighted by atomic mass is 9.59. The van der Waals surface area contributed by atoms with Gasteiger partial charge in [-0.2, -0.15) is 0 Å². The van der Waals surface area contributed by atoms with Gasteiger partial charge in [0.1, 0.15) is 5.75 Å². The fourth-order valence-corrected chi connectivity index (χ4v) is 6.96. The Morgan fingerprint density at radius 2 is 1.62 bits per heavy atom. The lowest BCUT2D eigenvalue weighted by Gasteiger charge is -2.42. The van der Waals surface area contributed by atoms with Crippen LogP contribution in [-0.4, -0.2) is 38.9 Å². The van der Waals surface area contributed by atoms with Crippen LogP contribution in [0.3, 0.4) is 0 Å². The van der Waals surface area contributed by atoms with Gasteiger partial charge in [-0.25, -0.2) is 0 Å². The first-order valence-electron chi connectivity index (χ1n) is 12.8. The number of phenols is 1. The van der Waals surface area contributed by atoms with Crippen LogP contribution in [0.15, 0.2) is 70.8 Å². The van der Waals surface area contributed by atoms with Gasteiger partial charge in [-0.3, -0.25) is 24.1 Å². The van der Waals surface area contributed by atoms with Gasteiger partial charge in [0.15, 0.2) is 11.6 Å². The molecule has 6 rings (SSSR count). The zero-order chi connectivity index (χ0) is 26.4. The number of phenolic OH excluding ortho intramolecular Hbond substituents is 1. The summed E-state index contributed by atoms with van der Waals surface area (Å²) in [6, 6.07) is 10.9. The third kappa shape index (κ3) is 3.24. The van der Waals surface area contributed by atoms with Crippen molar-refractivity contribution in [3.8, 4) is 5.75 Å². The van der Waals surface area contributed by atoms with Crippen molar-refractivity contribution in [3.63, 3.8) is 0 Å². The SMILES string of the molecule is CC1=CC(=O)C2=C(C[C@@H]3C(=CC[C@@H]4C(=O)N(C(C)(C)C)C(=O)[C@@H]43)[C@@H]2c2ccc(O)c3ccccc23)C1=O. The van der Waals surface area contributed by atoms with Crippen molar-refractivity contribution >= 4 is 34.2 Å². The maximum atomic E-state index is 13.8. The number of benzene rings is 2. The number of carbonyl (C=O) groups excluding carboxylic acids is 4. The van der Waals surface area contributed by atoms with Crippen LogP contribution in [-0.2, 0) is 19.2 Å². The Hall–Kier alpha value is -3.80. The van der Waals surface area contributed by atoms with E-state index in [1.807, 2.05) is 57.2 Å². The molecule has 1 aliphatic heterocycles. The number of allylic oxidation sites excluding steroid dienone is 6. The molecule has 2 aromatic carbocycles. The number of hydrogen-bond acceptors (Lipinski definition) is 5. The Labute approximate surface area is 215 Å². The average Bonchev–Trinajstić information content (AvgIpc) is 3.12. The quantitative estimate of drug-likeness (QED) is 0.350. The highest BCUT2D eigenvalue weighted by atomic mass is 16.3. The van der Waals surface area contributed by atoms with Crippen LogP contribution >= 0.6 is 0 Å². The largest absolute Gasteiger partial charge is 0.507 e. The lowest BCUT2D eigenvalue weighted by Crippen LogP contribution is -2.46. The van der Waals surface area contributed by atoms with E-state index in [1.165, 1.54) is 11.0 Å². The first-order valence-corrected chi connectivity index (χ1v) is 12.8. The summed E-state index contributed by atoms with van der Waals surface area (Å²) < 4.78 is 0. The predicted octanol–water partition coefficient (Wildman–Crippen LogP) is 4.77. The van der Waals surface area contributed by atoms with Crippen molar-refractivity contribution in [3.05, 3.63) is 76.4 Å². The number of amides is 2. The van der Waals surface area contributed by atoms with E-state index in [0.717, 1.165) is 16.5 Å². The van der Waals surface area contributed by atoms with Gasteiger partial charge < -0.3 is 5.11 Å². The molecule has 4 atom stereocenters. The Balaban J connectivity index is 1.59. The first kappa shape index (κ1) is 23.6. The van der Waals surface area contributed by atoms with Crippen molar-refractivity contribution < 1.29 is 24.3 Å². The maximum Gasteiger partial charge on any atom is 0.234 e. The third-order valence-corrected chi connectivity index (χ3v) is 8.48. The average molecular weight is 496 g/mol. The van der Waals surface area contributed by atoms with Crippen LogP contribution in [0, 0.1) is 17.8 Å². The molecule has 1 heterocycles. The van der Waals surface area contributed by atoms with Gasteiger partial charge >= 0.3 is 0 Å². The number of fused-ring (bicyclic) bond motifs is 4. The molecule has 1 saturated heterocycles. The number of ketones is 2. The van der Waals surface area contributed by atoms with Crippen LogP contribution in [0.5, 0.6) is 5.75 Å². The third-order valence-electron chi connectivity index (χ3n) is 8.48. The number of rotatable bonds is 1. The van der Waals surface area contributed by atoms with E-state index >= 15 is 0 Å². The summed E-state index contributed by atoms with van der Waals surface area (Å²) in [4.78, 5) is 55.5. The van der Waals surface area contributed by atoms with Gasteiger partial charge in [-0.15, -0.1) is 0 Å². The Bertz CT molecular complexity index is 1530. The minimum Gasteiger partial charge on any atom is -0.507 e. The Kier molecular flexibility index (Phi) is 5.00. The number of imide groups is 1. The van der Waals surface area contributed by atoms with E-state index in [0.29, 0.717) is 28.5 Å². The summed E-state index contributed by atoms with van der Waals surface area (Å²) >= 11 is 0. The molecule has 188 valence electrons. The highest BCUT2D eigenvalue weighted by molar-refractivity contribution is 6.24. The van der Waals surface area contributed by atoms with Gasteiger partial charge in [0, 0.05) is 33.6 Å². The van der Waals surface area contributed by atoms with Gasteiger partial charge in [0.25, 0.3) is 0 Å². The minimum atomic E-state index is -0.646. The van der Waals surface area contributed by atoms with Crippen molar-refractivity contribution in [2.45, 2.75) is 52.0 Å². The van der Waals surface area contributed by atoms with E-state index < -0.39 is 23.3 Å². The molecule has 0 unspecified atom stereocenters. The summed E-state index contributed by atoms with van der Waals surface area (Å²) in [5.41, 5.74) is 2.38. The predicted molar refractivity (Wildman–Crippen MR) is 139 cm³/mol. The van der Waals surface area contributed by atoms with Gasteiger partial charge in [0.2, 0.25) is 11.8 Å². The van der Waals surface area contributed by atoms with E-state index in [1.54, 1.807) is 13.0 Å². The minimum absolute atomic E-state index is 0.137. The molecular formula is C31H29NO5. The van der Waals surface area contributed by atoms with E-state index in [4.69, 9.17) is 0 Å². The molecule has 37 heavy (non-hydrogen) atoms. The molecular weight excluding hydrogens is 466 g/mol. The molecule has 0 bridgehead atoms. The van der Waals surface area contributed by atoms with Crippen molar-refractivity contribution in [2.24, 2.45) is 17.8 Å². The standard InChI is InChI=1S/C31H29NO5/c1-15-13-24(34)27-22(28(15)35)14-21-19(9-10-20-26(21)30(37)32(29(20)36)31(2,3)4)25(27)18-11-12-23(33)17-8-6-5-7-16(17)18/h5-9,11-13,20-21,25-26,33H,10,14H2,1-4H3/t20-,21+,25-,26-/m0/s1. The number of aromatic hydroxyl groups is 1. The number of carbonyl (C=O) groups is 4. The molecule has 2 amide bonds. The summed E-state index contributed by atoms with van der Waals surface area (Å²) in [7, 11) is 0. The molecule has 0 spiro atoms. The fraction of sp³-hybridized carbons (Fsp3) is 0.355. The highest BCUT2D eigenvalue weighted by Crippen LogP contribution is 2.56. The van der Waals surface area contributed by atoms with Gasteiger partial charge in [0.05, 0.1) is 11.8 Å². The van der Waals surface area contributed by atoms with Crippen molar-refractivity contribution in [2.75, 3.05) is 0 Å². The molecule has 0 saturated carbocycles. The van der Waals surface area contributed by atoms with Crippen LogP contribution < -0.4 is 0 Å². The van der Waals surface area contributed by atoms with Crippen LogP contribution in [0.1, 0.15) is 52.0 Å². The van der Waals surface area contributed by atoms with E-state index in [2.05, 4.69) is 0 Å². The van der Waals surface area contributed by atoms with E-state index in [-0.39, 0.29) is 41.5 Å². The summed E-state index contributed by atoms with van der Waals surface area (Å²) in [6.07, 6.45) is 4.12. The van der Waals surface area contributed by atoms with Crippen LogP contribution in [0.4, 0.5) is 0 Å². The summed E-state index contributed by atoms with van der Waals surface area (Å²) in [5, 5.41) is 12.0. The molecule has 2 aromatic rings. The van der Waals surface area contributed by atoms with E-state index in [9.17, 15) is 24.3 Å². The molecule has 6 heteroatoms. The Morgan fingerprint density at radius 3 is 2.32 bits per heavy atom. The fourth-order valence-electron chi connectivity index (χ4n) is 6.96.